The highest BCUT2D eigenvalue weighted by molar-refractivity contribution is 6.25. The van der Waals surface area contributed by atoms with E-state index in [-0.39, 0.29) is 17.8 Å². The maximum Gasteiger partial charge on any atom is 0.356 e. The number of amides is 2. The molecule has 1 aromatic carbocycles. The largest absolute Gasteiger partial charge is 0.476 e. The molecular weight excluding hydrogens is 272 g/mol. The predicted octanol–water partition coefficient (Wildman–Crippen LogP) is 1.51. The van der Waals surface area contributed by atoms with E-state index in [0.717, 1.165) is 4.90 Å². The van der Waals surface area contributed by atoms with Crippen molar-refractivity contribution in [3.8, 4) is 0 Å². The highest BCUT2D eigenvalue weighted by Crippen LogP contribution is 2.27. The first kappa shape index (κ1) is 13.0. The van der Waals surface area contributed by atoms with Gasteiger partial charge in [-0.2, -0.15) is 0 Å². The minimum atomic E-state index is -1.29. The maximum atomic E-state index is 12.5. The number of carboxylic acids is 1. The van der Waals surface area contributed by atoms with Crippen molar-refractivity contribution in [2.24, 2.45) is 0 Å². The standard InChI is InChI=1S/C15H10N2O4/c18-12-8-9-4-1-2-5-10(9)14(19)17(12)11-6-3-7-16-13(11)15(20)21/h1-7H,8H2,(H,20,21). The number of carboxylic acid groups (broad SMARTS) is 1. The minimum Gasteiger partial charge on any atom is -0.476 e. The van der Waals surface area contributed by atoms with Crippen molar-refractivity contribution in [3.63, 3.8) is 0 Å². The quantitative estimate of drug-likeness (QED) is 0.843. The van der Waals surface area contributed by atoms with E-state index in [1.54, 1.807) is 24.3 Å². The van der Waals surface area contributed by atoms with Crippen molar-refractivity contribution in [2.45, 2.75) is 6.42 Å². The van der Waals surface area contributed by atoms with E-state index in [0.29, 0.717) is 11.1 Å². The van der Waals surface area contributed by atoms with Crippen molar-refractivity contribution in [3.05, 3.63) is 59.4 Å². The van der Waals surface area contributed by atoms with E-state index in [1.807, 2.05) is 0 Å². The molecule has 0 aliphatic carbocycles. The van der Waals surface area contributed by atoms with Gasteiger partial charge in [0.15, 0.2) is 5.69 Å². The van der Waals surface area contributed by atoms with Crippen LogP contribution in [0.5, 0.6) is 0 Å². The summed E-state index contributed by atoms with van der Waals surface area (Å²) in [5, 5.41) is 9.15. The molecule has 2 amide bonds. The molecule has 104 valence electrons. The Hall–Kier alpha value is -3.02. The Balaban J connectivity index is 2.14. The lowest BCUT2D eigenvalue weighted by Gasteiger charge is -2.27. The molecule has 0 saturated heterocycles. The fourth-order valence-electron chi connectivity index (χ4n) is 2.34. The van der Waals surface area contributed by atoms with Gasteiger partial charge in [0, 0.05) is 11.8 Å². The zero-order valence-corrected chi connectivity index (χ0v) is 10.8. The van der Waals surface area contributed by atoms with Gasteiger partial charge >= 0.3 is 5.97 Å². The molecule has 0 spiro atoms. The van der Waals surface area contributed by atoms with E-state index < -0.39 is 17.8 Å². The zero-order valence-electron chi connectivity index (χ0n) is 10.8. The summed E-state index contributed by atoms with van der Waals surface area (Å²) in [5.41, 5.74) is 0.717. The molecule has 21 heavy (non-hydrogen) atoms. The van der Waals surface area contributed by atoms with Gasteiger partial charge < -0.3 is 5.11 Å². The Labute approximate surface area is 119 Å². The first-order valence-corrected chi connectivity index (χ1v) is 6.23. The third-order valence-electron chi connectivity index (χ3n) is 3.27. The fourth-order valence-corrected chi connectivity index (χ4v) is 2.34. The number of benzene rings is 1. The summed E-state index contributed by atoms with van der Waals surface area (Å²) in [6.45, 7) is 0. The maximum absolute atomic E-state index is 12.5. The number of anilines is 1. The van der Waals surface area contributed by atoms with Crippen LogP contribution in [0.2, 0.25) is 0 Å². The van der Waals surface area contributed by atoms with Crippen molar-refractivity contribution >= 4 is 23.5 Å². The highest BCUT2D eigenvalue weighted by Gasteiger charge is 2.34. The molecule has 0 fully saturated rings. The van der Waals surface area contributed by atoms with E-state index in [4.69, 9.17) is 5.11 Å². The molecule has 6 nitrogen and oxygen atoms in total. The number of nitrogens with zero attached hydrogens (tertiary/aromatic N) is 2. The number of aromatic nitrogens is 1. The van der Waals surface area contributed by atoms with Crippen LogP contribution in [0.15, 0.2) is 42.6 Å². The molecule has 6 heteroatoms. The van der Waals surface area contributed by atoms with Crippen LogP contribution in [0.25, 0.3) is 0 Å². The van der Waals surface area contributed by atoms with Crippen LogP contribution < -0.4 is 4.90 Å². The number of hydrogen-bond acceptors (Lipinski definition) is 4. The van der Waals surface area contributed by atoms with Gasteiger partial charge in [-0.25, -0.2) is 14.7 Å². The first-order chi connectivity index (χ1) is 10.1. The third kappa shape index (κ3) is 2.06. The van der Waals surface area contributed by atoms with Gasteiger partial charge in [0.05, 0.1) is 12.1 Å². The molecule has 2 heterocycles. The molecule has 0 atom stereocenters. The smallest absolute Gasteiger partial charge is 0.356 e. The van der Waals surface area contributed by atoms with Crippen molar-refractivity contribution in [2.75, 3.05) is 4.90 Å². The summed E-state index contributed by atoms with van der Waals surface area (Å²) in [5.74, 6) is -2.28. The normalized spacial score (nSPS) is 14.0. The Kier molecular flexibility index (Phi) is 2.98. The van der Waals surface area contributed by atoms with Gasteiger partial charge in [0.2, 0.25) is 5.91 Å². The number of fused-ring (bicyclic) bond motifs is 1. The molecule has 0 radical (unpaired) electrons. The molecule has 1 aromatic heterocycles. The van der Waals surface area contributed by atoms with Gasteiger partial charge in [-0.1, -0.05) is 18.2 Å². The number of carbonyl (C=O) groups excluding carboxylic acids is 2. The lowest BCUT2D eigenvalue weighted by molar-refractivity contribution is -0.117. The van der Waals surface area contributed by atoms with Crippen molar-refractivity contribution < 1.29 is 19.5 Å². The molecule has 1 aliphatic rings. The third-order valence-corrected chi connectivity index (χ3v) is 3.27. The second kappa shape index (κ2) is 4.82. The summed E-state index contributed by atoms with van der Waals surface area (Å²) >= 11 is 0. The average molecular weight is 282 g/mol. The van der Waals surface area contributed by atoms with Crippen LogP contribution in [0.3, 0.4) is 0 Å². The second-order valence-corrected chi connectivity index (χ2v) is 4.54. The molecule has 0 unspecified atom stereocenters. The SMILES string of the molecule is O=C(O)c1ncccc1N1C(=O)Cc2ccccc2C1=O. The van der Waals surface area contributed by atoms with Crippen molar-refractivity contribution in [1.29, 1.82) is 0 Å². The molecule has 0 saturated carbocycles. The van der Waals surface area contributed by atoms with Crippen LogP contribution in [0.1, 0.15) is 26.4 Å². The van der Waals surface area contributed by atoms with Gasteiger partial charge in [-0.3, -0.25) is 9.59 Å². The Morgan fingerprint density at radius 3 is 2.67 bits per heavy atom. The molecule has 0 bridgehead atoms. The minimum absolute atomic E-state index is 0.00509. The Bertz CT molecular complexity index is 770. The van der Waals surface area contributed by atoms with Gasteiger partial charge in [0.25, 0.3) is 5.91 Å². The number of pyridine rings is 1. The molecule has 3 rings (SSSR count). The lowest BCUT2D eigenvalue weighted by atomic mass is 9.98. The van der Waals surface area contributed by atoms with Gasteiger partial charge in [-0.05, 0) is 23.8 Å². The van der Waals surface area contributed by atoms with E-state index in [2.05, 4.69) is 4.98 Å². The Morgan fingerprint density at radius 2 is 1.90 bits per heavy atom. The van der Waals surface area contributed by atoms with E-state index in [9.17, 15) is 14.4 Å². The van der Waals surface area contributed by atoms with Crippen LogP contribution >= 0.6 is 0 Å². The average Bonchev–Trinajstić information content (AvgIpc) is 2.47. The molecular formula is C15H10N2O4. The summed E-state index contributed by atoms with van der Waals surface area (Å²) in [4.78, 5) is 40.5. The fraction of sp³-hybridized carbons (Fsp3) is 0.0667. The van der Waals surface area contributed by atoms with Gasteiger partial charge in [0.1, 0.15) is 0 Å². The van der Waals surface area contributed by atoms with E-state index >= 15 is 0 Å². The number of imide groups is 1. The number of aromatic carboxylic acids is 1. The number of rotatable bonds is 2. The van der Waals surface area contributed by atoms with Crippen molar-refractivity contribution in [1.82, 2.24) is 4.98 Å². The number of carbonyl (C=O) groups is 3. The van der Waals surface area contributed by atoms with E-state index in [1.165, 1.54) is 18.3 Å². The zero-order chi connectivity index (χ0) is 15.0. The summed E-state index contributed by atoms with van der Waals surface area (Å²) in [6.07, 6.45) is 1.36. The van der Waals surface area contributed by atoms with Crippen LogP contribution in [-0.2, 0) is 11.2 Å². The highest BCUT2D eigenvalue weighted by atomic mass is 16.4. The van der Waals surface area contributed by atoms with Crippen LogP contribution in [0, 0.1) is 0 Å². The number of hydrogen-bond donors (Lipinski definition) is 1. The lowest BCUT2D eigenvalue weighted by Crippen LogP contribution is -2.43. The van der Waals surface area contributed by atoms with Gasteiger partial charge in [-0.15, -0.1) is 0 Å². The molecule has 2 aromatic rings. The summed E-state index contributed by atoms with van der Waals surface area (Å²) in [6, 6.07) is 9.68. The first-order valence-electron chi connectivity index (χ1n) is 6.23. The van der Waals surface area contributed by atoms with Crippen LogP contribution in [0.4, 0.5) is 5.69 Å². The monoisotopic (exact) mass is 282 g/mol. The summed E-state index contributed by atoms with van der Waals surface area (Å²) in [7, 11) is 0. The molecule has 1 aliphatic heterocycles. The summed E-state index contributed by atoms with van der Waals surface area (Å²) < 4.78 is 0. The topological polar surface area (TPSA) is 87.6 Å². The second-order valence-electron chi connectivity index (χ2n) is 4.54. The molecule has 1 N–H and O–H groups in total. The van der Waals surface area contributed by atoms with Crippen LogP contribution in [-0.4, -0.2) is 27.9 Å². The predicted molar refractivity (Wildman–Crippen MR) is 73.2 cm³/mol. The Morgan fingerprint density at radius 1 is 1.14 bits per heavy atom.